The number of nitro benzene ring substituents is 1. The molecule has 0 saturated carbocycles. The molecular weight excluding hydrogens is 200 g/mol. The summed E-state index contributed by atoms with van der Waals surface area (Å²) in [5, 5.41) is 10.3. The van der Waals surface area contributed by atoms with E-state index in [1.165, 1.54) is 12.1 Å². The summed E-state index contributed by atoms with van der Waals surface area (Å²) >= 11 is 0. The summed E-state index contributed by atoms with van der Waals surface area (Å²) < 4.78 is 4.53. The highest BCUT2D eigenvalue weighted by atomic mass is 16.6. The minimum absolute atomic E-state index is 0.0366. The zero-order chi connectivity index (χ0) is 11.3. The van der Waals surface area contributed by atoms with Crippen molar-refractivity contribution in [2.75, 3.05) is 6.61 Å². The summed E-state index contributed by atoms with van der Waals surface area (Å²) in [5.74, 6) is 0. The number of nitrogens with zero attached hydrogens (tertiary/aromatic N) is 1. The van der Waals surface area contributed by atoms with Crippen LogP contribution in [0.4, 0.5) is 10.5 Å². The Kier molecular flexibility index (Phi) is 3.61. The SMILES string of the molecule is NC(=O)OCCc1ccc([N+](=O)[O-])cc1. The number of nitro groups is 1. The smallest absolute Gasteiger partial charge is 0.404 e. The fourth-order valence-electron chi connectivity index (χ4n) is 1.05. The van der Waals surface area contributed by atoms with Crippen LogP contribution >= 0.6 is 0 Å². The molecule has 1 rings (SSSR count). The zero-order valence-electron chi connectivity index (χ0n) is 7.88. The number of non-ortho nitro benzene ring substituents is 1. The first kappa shape index (κ1) is 11.0. The number of hydrogen-bond donors (Lipinski definition) is 1. The first-order valence-electron chi connectivity index (χ1n) is 4.25. The summed E-state index contributed by atoms with van der Waals surface area (Å²) in [7, 11) is 0. The number of rotatable bonds is 4. The van der Waals surface area contributed by atoms with Crippen molar-refractivity contribution in [1.29, 1.82) is 0 Å². The predicted octanol–water partition coefficient (Wildman–Crippen LogP) is 1.23. The van der Waals surface area contributed by atoms with Crippen molar-refractivity contribution in [2.24, 2.45) is 5.73 Å². The molecule has 0 spiro atoms. The molecule has 1 aromatic carbocycles. The molecule has 15 heavy (non-hydrogen) atoms. The molecule has 0 aliphatic rings. The molecule has 0 atom stereocenters. The first-order chi connectivity index (χ1) is 7.09. The van der Waals surface area contributed by atoms with Crippen molar-refractivity contribution in [3.05, 3.63) is 39.9 Å². The summed E-state index contributed by atoms with van der Waals surface area (Å²) in [6, 6.07) is 6.03. The number of carbonyl (C=O) groups is 1. The van der Waals surface area contributed by atoms with Crippen LogP contribution in [-0.2, 0) is 11.2 Å². The van der Waals surface area contributed by atoms with E-state index in [1.54, 1.807) is 12.1 Å². The maximum absolute atomic E-state index is 10.3. The first-order valence-corrected chi connectivity index (χ1v) is 4.25. The summed E-state index contributed by atoms with van der Waals surface area (Å²) in [6.45, 7) is 0.174. The molecule has 0 radical (unpaired) electrons. The topological polar surface area (TPSA) is 95.5 Å². The Morgan fingerprint density at radius 3 is 2.47 bits per heavy atom. The Hall–Kier alpha value is -2.11. The van der Waals surface area contributed by atoms with Crippen LogP contribution in [0.2, 0.25) is 0 Å². The number of hydrogen-bond acceptors (Lipinski definition) is 4. The van der Waals surface area contributed by atoms with Crippen LogP contribution in [0.25, 0.3) is 0 Å². The number of benzene rings is 1. The van der Waals surface area contributed by atoms with Gasteiger partial charge in [0.1, 0.15) is 0 Å². The van der Waals surface area contributed by atoms with Crippen molar-refractivity contribution < 1.29 is 14.5 Å². The molecule has 2 N–H and O–H groups in total. The van der Waals surface area contributed by atoms with Gasteiger partial charge in [-0.2, -0.15) is 0 Å². The van der Waals surface area contributed by atoms with Gasteiger partial charge in [-0.05, 0) is 5.56 Å². The molecule has 0 bridgehead atoms. The van der Waals surface area contributed by atoms with Crippen LogP contribution < -0.4 is 5.73 Å². The van der Waals surface area contributed by atoms with Crippen molar-refractivity contribution in [2.45, 2.75) is 6.42 Å². The summed E-state index contributed by atoms with van der Waals surface area (Å²) in [6.07, 6.45) is -0.335. The quantitative estimate of drug-likeness (QED) is 0.597. The summed E-state index contributed by atoms with van der Waals surface area (Å²) in [5.41, 5.74) is 5.66. The van der Waals surface area contributed by atoms with E-state index in [0.29, 0.717) is 6.42 Å². The molecule has 80 valence electrons. The van der Waals surface area contributed by atoms with E-state index in [-0.39, 0.29) is 12.3 Å². The zero-order valence-corrected chi connectivity index (χ0v) is 7.88. The average Bonchev–Trinajstić information content (AvgIpc) is 2.18. The van der Waals surface area contributed by atoms with Crippen molar-refractivity contribution >= 4 is 11.8 Å². The monoisotopic (exact) mass is 210 g/mol. The van der Waals surface area contributed by atoms with Gasteiger partial charge in [-0.25, -0.2) is 4.79 Å². The highest BCUT2D eigenvalue weighted by Gasteiger charge is 2.03. The maximum atomic E-state index is 10.3. The molecule has 0 heterocycles. The molecule has 0 saturated heterocycles. The standard InChI is InChI=1S/C9H10N2O4/c10-9(12)15-6-5-7-1-3-8(4-2-7)11(13)14/h1-4H,5-6H2,(H2,10,12). The van der Waals surface area contributed by atoms with Gasteiger partial charge in [0.05, 0.1) is 11.5 Å². The van der Waals surface area contributed by atoms with E-state index < -0.39 is 11.0 Å². The van der Waals surface area contributed by atoms with Crippen LogP contribution in [0.1, 0.15) is 5.56 Å². The largest absolute Gasteiger partial charge is 0.449 e. The molecule has 0 aliphatic carbocycles. The van der Waals surface area contributed by atoms with Gasteiger partial charge in [0.25, 0.3) is 5.69 Å². The van der Waals surface area contributed by atoms with Crippen LogP contribution in [0.3, 0.4) is 0 Å². The molecule has 0 aliphatic heterocycles. The van der Waals surface area contributed by atoms with Gasteiger partial charge in [0, 0.05) is 18.6 Å². The van der Waals surface area contributed by atoms with E-state index in [1.807, 2.05) is 0 Å². The third-order valence-electron chi connectivity index (χ3n) is 1.78. The molecular formula is C9H10N2O4. The number of nitrogens with two attached hydrogens (primary N) is 1. The van der Waals surface area contributed by atoms with Crippen LogP contribution in [0.15, 0.2) is 24.3 Å². The van der Waals surface area contributed by atoms with Crippen LogP contribution in [0, 0.1) is 10.1 Å². The van der Waals surface area contributed by atoms with Gasteiger partial charge in [0.15, 0.2) is 0 Å². The van der Waals surface area contributed by atoms with Gasteiger partial charge in [-0.3, -0.25) is 10.1 Å². The van der Waals surface area contributed by atoms with Crippen LogP contribution in [-0.4, -0.2) is 17.6 Å². The van der Waals surface area contributed by atoms with E-state index in [0.717, 1.165) is 5.56 Å². The Morgan fingerprint density at radius 2 is 2.00 bits per heavy atom. The van der Waals surface area contributed by atoms with E-state index in [9.17, 15) is 14.9 Å². The number of ether oxygens (including phenoxy) is 1. The van der Waals surface area contributed by atoms with Crippen LogP contribution in [0.5, 0.6) is 0 Å². The third kappa shape index (κ3) is 3.63. The highest BCUT2D eigenvalue weighted by molar-refractivity contribution is 5.64. The lowest BCUT2D eigenvalue weighted by atomic mass is 10.1. The molecule has 0 unspecified atom stereocenters. The normalized spacial score (nSPS) is 9.60. The van der Waals surface area contributed by atoms with E-state index >= 15 is 0 Å². The minimum atomic E-state index is -0.822. The Balaban J connectivity index is 2.50. The lowest BCUT2D eigenvalue weighted by molar-refractivity contribution is -0.384. The number of amides is 1. The molecule has 0 fully saturated rings. The minimum Gasteiger partial charge on any atom is -0.449 e. The molecule has 6 nitrogen and oxygen atoms in total. The molecule has 1 aromatic rings. The Morgan fingerprint density at radius 1 is 1.40 bits per heavy atom. The second-order valence-electron chi connectivity index (χ2n) is 2.84. The fourth-order valence-corrected chi connectivity index (χ4v) is 1.05. The van der Waals surface area contributed by atoms with Gasteiger partial charge < -0.3 is 10.5 Å². The predicted molar refractivity (Wildman–Crippen MR) is 52.3 cm³/mol. The molecule has 6 heteroatoms. The van der Waals surface area contributed by atoms with Crippen molar-refractivity contribution in [3.8, 4) is 0 Å². The lowest BCUT2D eigenvalue weighted by Gasteiger charge is -2.01. The lowest BCUT2D eigenvalue weighted by Crippen LogP contribution is -2.14. The maximum Gasteiger partial charge on any atom is 0.404 e. The fraction of sp³-hybridized carbons (Fsp3) is 0.222. The van der Waals surface area contributed by atoms with Gasteiger partial charge in [-0.1, -0.05) is 12.1 Å². The van der Waals surface area contributed by atoms with Gasteiger partial charge >= 0.3 is 6.09 Å². The molecule has 1 amide bonds. The van der Waals surface area contributed by atoms with E-state index in [4.69, 9.17) is 5.73 Å². The third-order valence-corrected chi connectivity index (χ3v) is 1.78. The highest BCUT2D eigenvalue weighted by Crippen LogP contribution is 2.12. The second-order valence-corrected chi connectivity index (χ2v) is 2.84. The Labute approximate surface area is 85.8 Å². The van der Waals surface area contributed by atoms with Gasteiger partial charge in [0.2, 0.25) is 0 Å². The number of carbonyl (C=O) groups excluding carboxylic acids is 1. The van der Waals surface area contributed by atoms with Crippen molar-refractivity contribution in [3.63, 3.8) is 0 Å². The summed E-state index contributed by atoms with van der Waals surface area (Å²) in [4.78, 5) is 20.1. The number of primary amides is 1. The molecule has 0 aromatic heterocycles. The average molecular weight is 210 g/mol. The van der Waals surface area contributed by atoms with E-state index in [2.05, 4.69) is 4.74 Å². The Bertz CT molecular complexity index is 361. The van der Waals surface area contributed by atoms with Crippen molar-refractivity contribution in [1.82, 2.24) is 0 Å². The van der Waals surface area contributed by atoms with Gasteiger partial charge in [-0.15, -0.1) is 0 Å². The second kappa shape index (κ2) is 4.94.